The van der Waals surface area contributed by atoms with E-state index in [2.05, 4.69) is 11.9 Å². The highest BCUT2D eigenvalue weighted by Gasteiger charge is 2.30. The number of halogens is 3. The molecule has 0 saturated heterocycles. The minimum absolute atomic E-state index is 0.0901. The maximum Gasteiger partial charge on any atom is 0.332 e. The predicted molar refractivity (Wildman–Crippen MR) is 127 cm³/mol. The highest BCUT2D eigenvalue weighted by molar-refractivity contribution is 6.31. The third-order valence-corrected chi connectivity index (χ3v) is 6.56. The van der Waals surface area contributed by atoms with Crippen molar-refractivity contribution in [3.63, 3.8) is 0 Å². The molecular weight excluding hydrogens is 468 g/mol. The van der Waals surface area contributed by atoms with E-state index in [1.165, 1.54) is 22.8 Å². The first kappa shape index (κ1) is 21.7. The van der Waals surface area contributed by atoms with Crippen LogP contribution in [0.3, 0.4) is 0 Å². The summed E-state index contributed by atoms with van der Waals surface area (Å²) in [7, 11) is 1.55. The fourth-order valence-corrected chi connectivity index (χ4v) is 4.67. The first-order chi connectivity index (χ1) is 15.8. The molecule has 5 rings (SSSR count). The summed E-state index contributed by atoms with van der Waals surface area (Å²) in [5.74, 6) is 0.199. The molecule has 0 aliphatic carbocycles. The molecule has 1 aliphatic heterocycles. The van der Waals surface area contributed by atoms with E-state index in [-0.39, 0.29) is 28.7 Å². The predicted octanol–water partition coefficient (Wildman–Crippen LogP) is 4.18. The summed E-state index contributed by atoms with van der Waals surface area (Å²) in [5, 5.41) is 0.774. The molecule has 2 aromatic heterocycles. The minimum atomic E-state index is -0.589. The molecule has 0 N–H and O–H groups in total. The largest absolute Gasteiger partial charge is 0.332 e. The van der Waals surface area contributed by atoms with Gasteiger partial charge in [-0.1, -0.05) is 36.2 Å². The zero-order chi connectivity index (χ0) is 23.4. The monoisotopic (exact) mass is 487 g/mol. The van der Waals surface area contributed by atoms with Crippen molar-refractivity contribution in [1.29, 1.82) is 0 Å². The molecule has 10 heteroatoms. The van der Waals surface area contributed by atoms with Gasteiger partial charge < -0.3 is 9.47 Å². The van der Waals surface area contributed by atoms with E-state index in [1.54, 1.807) is 19.2 Å². The second kappa shape index (κ2) is 8.04. The molecule has 0 amide bonds. The van der Waals surface area contributed by atoms with Crippen LogP contribution in [0.4, 0.5) is 16.0 Å². The van der Waals surface area contributed by atoms with Crippen LogP contribution in [0.15, 0.2) is 52.1 Å². The number of anilines is 2. The van der Waals surface area contributed by atoms with Gasteiger partial charge >= 0.3 is 5.69 Å². The van der Waals surface area contributed by atoms with Crippen molar-refractivity contribution in [1.82, 2.24) is 18.7 Å². The summed E-state index contributed by atoms with van der Waals surface area (Å²) in [6.45, 7) is 3.06. The Balaban J connectivity index is 1.73. The zero-order valence-corrected chi connectivity index (χ0v) is 19.4. The Bertz CT molecular complexity index is 1490. The van der Waals surface area contributed by atoms with Crippen LogP contribution < -0.4 is 16.1 Å². The van der Waals surface area contributed by atoms with E-state index in [9.17, 15) is 14.0 Å². The lowest BCUT2D eigenvalue weighted by atomic mass is 10.1. The van der Waals surface area contributed by atoms with Gasteiger partial charge in [-0.15, -0.1) is 0 Å². The van der Waals surface area contributed by atoms with Gasteiger partial charge in [0.15, 0.2) is 11.2 Å². The number of nitrogens with zero attached hydrogens (tertiary/aromatic N) is 5. The maximum atomic E-state index is 14.4. The van der Waals surface area contributed by atoms with Crippen molar-refractivity contribution >= 4 is 46.0 Å². The molecule has 2 aromatic carbocycles. The van der Waals surface area contributed by atoms with Crippen LogP contribution in [-0.4, -0.2) is 25.2 Å². The summed E-state index contributed by atoms with van der Waals surface area (Å²) in [5.41, 5.74) is 0.428. The molecule has 33 heavy (non-hydrogen) atoms. The molecule has 0 saturated carbocycles. The van der Waals surface area contributed by atoms with Gasteiger partial charge in [0.25, 0.3) is 5.56 Å². The highest BCUT2D eigenvalue weighted by Crippen LogP contribution is 2.33. The van der Waals surface area contributed by atoms with Gasteiger partial charge in [0.1, 0.15) is 5.82 Å². The van der Waals surface area contributed by atoms with Crippen LogP contribution in [0.1, 0.15) is 12.5 Å². The summed E-state index contributed by atoms with van der Waals surface area (Å²) in [6.07, 6.45) is 0. The Morgan fingerprint density at radius 1 is 1.09 bits per heavy atom. The van der Waals surface area contributed by atoms with Gasteiger partial charge in [0.05, 0.1) is 6.54 Å². The normalized spacial score (nSPS) is 15.8. The lowest BCUT2D eigenvalue weighted by Gasteiger charge is -2.33. The first-order valence-electron chi connectivity index (χ1n) is 10.4. The number of fused-ring (bicyclic) bond motifs is 3. The van der Waals surface area contributed by atoms with Gasteiger partial charge in [-0.05, 0) is 42.3 Å². The lowest BCUT2D eigenvalue weighted by molar-refractivity contribution is 0.458. The number of benzene rings is 2. The van der Waals surface area contributed by atoms with Crippen LogP contribution in [-0.2, 0) is 20.1 Å². The summed E-state index contributed by atoms with van der Waals surface area (Å²) in [4.78, 5) is 33.3. The second-order valence-corrected chi connectivity index (χ2v) is 9.16. The van der Waals surface area contributed by atoms with E-state index in [1.807, 2.05) is 21.6 Å². The quantitative estimate of drug-likeness (QED) is 0.434. The Labute approximate surface area is 198 Å². The van der Waals surface area contributed by atoms with E-state index in [4.69, 9.17) is 23.2 Å². The summed E-state index contributed by atoms with van der Waals surface area (Å²) >= 11 is 12.2. The lowest BCUT2D eigenvalue weighted by Crippen LogP contribution is -2.40. The molecule has 1 atom stereocenters. The fourth-order valence-electron chi connectivity index (χ4n) is 4.32. The second-order valence-electron chi connectivity index (χ2n) is 8.32. The Kier molecular flexibility index (Phi) is 5.29. The molecule has 3 heterocycles. The standard InChI is InChI=1S/C23H20Cl2FN5O2/c1-13-10-29(15-8-6-14(24)7-9-15)22-27-20-19(30(22)11-13)21(32)31(23(33)28(20)2)12-16-17(25)4-3-5-18(16)26/h3-9,13H,10-12H2,1-2H3/t13-/m0/s1. The van der Waals surface area contributed by atoms with Crippen molar-refractivity contribution in [2.45, 2.75) is 20.0 Å². The number of aromatic nitrogens is 4. The van der Waals surface area contributed by atoms with Crippen molar-refractivity contribution in [2.75, 3.05) is 11.4 Å². The molecular formula is C23H20Cl2FN5O2. The van der Waals surface area contributed by atoms with E-state index >= 15 is 0 Å². The fraction of sp³-hybridized carbons (Fsp3) is 0.261. The molecule has 4 aromatic rings. The van der Waals surface area contributed by atoms with Gasteiger partial charge in [-0.25, -0.2) is 9.18 Å². The number of aryl methyl sites for hydroxylation is 1. The van der Waals surface area contributed by atoms with Crippen molar-refractivity contribution in [3.05, 3.63) is 84.7 Å². The first-order valence-corrected chi connectivity index (χ1v) is 11.2. The number of imidazole rings is 1. The van der Waals surface area contributed by atoms with Crippen LogP contribution in [0.2, 0.25) is 10.0 Å². The molecule has 0 unspecified atom stereocenters. The zero-order valence-electron chi connectivity index (χ0n) is 17.9. The van der Waals surface area contributed by atoms with E-state index < -0.39 is 17.1 Å². The molecule has 1 aliphatic rings. The Morgan fingerprint density at radius 3 is 2.52 bits per heavy atom. The molecule has 0 radical (unpaired) electrons. The van der Waals surface area contributed by atoms with Gasteiger partial charge in [-0.2, -0.15) is 4.98 Å². The van der Waals surface area contributed by atoms with Gasteiger partial charge in [0, 0.05) is 41.4 Å². The molecule has 0 bridgehead atoms. The SMILES string of the molecule is C[C@H]1CN(c2ccc(Cl)cc2)c2nc3c(c(=O)n(Cc4c(F)cccc4Cl)c(=O)n3C)n2C1. The van der Waals surface area contributed by atoms with E-state index in [0.29, 0.717) is 29.6 Å². The topological polar surface area (TPSA) is 65.1 Å². The average Bonchev–Trinajstić information content (AvgIpc) is 3.16. The van der Waals surface area contributed by atoms with Gasteiger partial charge in [0.2, 0.25) is 5.95 Å². The Hall–Kier alpha value is -3.10. The van der Waals surface area contributed by atoms with Gasteiger partial charge in [-0.3, -0.25) is 13.9 Å². The molecule has 170 valence electrons. The number of rotatable bonds is 3. The highest BCUT2D eigenvalue weighted by atomic mass is 35.5. The average molecular weight is 488 g/mol. The van der Waals surface area contributed by atoms with Crippen molar-refractivity contribution in [3.8, 4) is 0 Å². The molecule has 7 nitrogen and oxygen atoms in total. The third kappa shape index (κ3) is 3.54. The smallest absolute Gasteiger partial charge is 0.312 e. The van der Waals surface area contributed by atoms with Crippen molar-refractivity contribution < 1.29 is 4.39 Å². The Morgan fingerprint density at radius 2 is 1.82 bits per heavy atom. The molecule has 0 spiro atoms. The van der Waals surface area contributed by atoms with Crippen LogP contribution >= 0.6 is 23.2 Å². The number of hydrogen-bond donors (Lipinski definition) is 0. The third-order valence-electron chi connectivity index (χ3n) is 5.96. The van der Waals surface area contributed by atoms with Crippen molar-refractivity contribution in [2.24, 2.45) is 13.0 Å². The van der Waals surface area contributed by atoms with Crippen LogP contribution in [0.25, 0.3) is 11.2 Å². The number of hydrogen-bond acceptors (Lipinski definition) is 4. The maximum absolute atomic E-state index is 14.4. The minimum Gasteiger partial charge on any atom is -0.312 e. The summed E-state index contributed by atoms with van der Waals surface area (Å²) < 4.78 is 18.6. The van der Waals surface area contributed by atoms with E-state index in [0.717, 1.165) is 10.3 Å². The van der Waals surface area contributed by atoms with Crippen LogP contribution in [0.5, 0.6) is 0 Å². The summed E-state index contributed by atoms with van der Waals surface area (Å²) in [6, 6.07) is 11.6. The van der Waals surface area contributed by atoms with Crippen LogP contribution in [0, 0.1) is 11.7 Å². The molecule has 0 fully saturated rings.